The zero-order valence-electron chi connectivity index (χ0n) is 33.0. The van der Waals surface area contributed by atoms with Crippen LogP contribution in [-0.4, -0.2) is 4.57 Å². The second kappa shape index (κ2) is 15.1. The molecule has 0 aliphatic heterocycles. The summed E-state index contributed by atoms with van der Waals surface area (Å²) < 4.78 is 2.47. The predicted octanol–water partition coefficient (Wildman–Crippen LogP) is 16.1. The van der Waals surface area contributed by atoms with Gasteiger partial charge in [-0.3, -0.25) is 0 Å². The van der Waals surface area contributed by atoms with Crippen LogP contribution in [0.15, 0.2) is 243 Å². The molecule has 0 aliphatic rings. The molecule has 0 radical (unpaired) electrons. The van der Waals surface area contributed by atoms with Gasteiger partial charge < -0.3 is 9.47 Å². The van der Waals surface area contributed by atoms with Crippen LogP contribution in [-0.2, 0) is 0 Å². The zero-order valence-corrected chi connectivity index (χ0v) is 33.0. The molecule has 11 rings (SSSR count). The van der Waals surface area contributed by atoms with E-state index in [-0.39, 0.29) is 0 Å². The van der Waals surface area contributed by atoms with Crippen molar-refractivity contribution < 1.29 is 0 Å². The summed E-state index contributed by atoms with van der Waals surface area (Å²) in [7, 11) is 0. The van der Waals surface area contributed by atoms with E-state index in [2.05, 4.69) is 252 Å². The average Bonchev–Trinajstić information content (AvgIpc) is 3.66. The molecule has 1 heterocycles. The van der Waals surface area contributed by atoms with Crippen molar-refractivity contribution in [1.82, 2.24) is 4.57 Å². The van der Waals surface area contributed by atoms with Crippen LogP contribution in [0.25, 0.3) is 82.8 Å². The van der Waals surface area contributed by atoms with Crippen molar-refractivity contribution in [3.8, 4) is 50.2 Å². The first-order valence-electron chi connectivity index (χ1n) is 20.6. The van der Waals surface area contributed by atoms with Crippen molar-refractivity contribution in [3.05, 3.63) is 243 Å². The molecule has 1 aromatic heterocycles. The van der Waals surface area contributed by atoms with Crippen LogP contribution in [0.1, 0.15) is 0 Å². The van der Waals surface area contributed by atoms with Gasteiger partial charge in [-0.2, -0.15) is 0 Å². The molecular formula is C58H40N2. The highest BCUT2D eigenvalue weighted by Crippen LogP contribution is 2.46. The Balaban J connectivity index is 1.15. The summed E-state index contributed by atoms with van der Waals surface area (Å²) in [4.78, 5) is 2.42. The summed E-state index contributed by atoms with van der Waals surface area (Å²) in [6.07, 6.45) is 0. The number of aromatic nitrogens is 1. The maximum absolute atomic E-state index is 2.47. The van der Waals surface area contributed by atoms with Crippen molar-refractivity contribution in [2.24, 2.45) is 0 Å². The Hall–Kier alpha value is -7.94. The Morgan fingerprint density at radius 2 is 0.850 bits per heavy atom. The van der Waals surface area contributed by atoms with Crippen LogP contribution in [0.2, 0.25) is 0 Å². The molecule has 0 N–H and O–H groups in total. The normalized spacial score (nSPS) is 11.3. The molecule has 0 unspecified atom stereocenters. The minimum absolute atomic E-state index is 1.08. The predicted molar refractivity (Wildman–Crippen MR) is 255 cm³/mol. The van der Waals surface area contributed by atoms with Gasteiger partial charge in [-0.1, -0.05) is 194 Å². The summed E-state index contributed by atoms with van der Waals surface area (Å²) in [5.41, 5.74) is 16.3. The van der Waals surface area contributed by atoms with Crippen molar-refractivity contribution in [1.29, 1.82) is 0 Å². The van der Waals surface area contributed by atoms with Crippen LogP contribution in [0, 0.1) is 0 Å². The van der Waals surface area contributed by atoms with Crippen LogP contribution in [0.5, 0.6) is 0 Å². The summed E-state index contributed by atoms with van der Waals surface area (Å²) in [5.74, 6) is 0. The Morgan fingerprint density at radius 3 is 1.63 bits per heavy atom. The highest BCUT2D eigenvalue weighted by molar-refractivity contribution is 6.11. The Kier molecular flexibility index (Phi) is 8.87. The molecule has 0 fully saturated rings. The van der Waals surface area contributed by atoms with Crippen LogP contribution < -0.4 is 4.90 Å². The molecule has 10 aromatic carbocycles. The van der Waals surface area contributed by atoms with Crippen LogP contribution >= 0.6 is 0 Å². The van der Waals surface area contributed by atoms with Gasteiger partial charge in [0.15, 0.2) is 0 Å². The molecule has 282 valence electrons. The lowest BCUT2D eigenvalue weighted by Gasteiger charge is -2.29. The lowest BCUT2D eigenvalue weighted by atomic mass is 9.93. The van der Waals surface area contributed by atoms with Crippen molar-refractivity contribution in [2.75, 3.05) is 4.90 Å². The van der Waals surface area contributed by atoms with Gasteiger partial charge in [-0.05, 0) is 92.7 Å². The molecular weight excluding hydrogens is 725 g/mol. The standard InChI is InChI=1S/C58H40N2/c1-4-19-41(20-5-1)48-28-12-13-29-50(48)51-30-14-16-33-55(51)60-56-34-17-15-31-52(56)53-37-36-46(40-58(53)60)59(45-25-8-3-9-26-45)57-38-35-44(39-54(57)43-21-6-2-7-22-43)49-32-18-24-42-23-10-11-27-47(42)49/h1-40H. The fourth-order valence-corrected chi connectivity index (χ4v) is 9.07. The number of anilines is 3. The van der Waals surface area contributed by atoms with Gasteiger partial charge in [0, 0.05) is 33.3 Å². The van der Waals surface area contributed by atoms with Gasteiger partial charge in [-0.15, -0.1) is 0 Å². The summed E-state index contributed by atoms with van der Waals surface area (Å²) in [6.45, 7) is 0. The molecule has 60 heavy (non-hydrogen) atoms. The van der Waals surface area contributed by atoms with E-state index < -0.39 is 0 Å². The first-order valence-corrected chi connectivity index (χ1v) is 20.6. The fraction of sp³-hybridized carbons (Fsp3) is 0. The van der Waals surface area contributed by atoms with Crippen LogP contribution in [0.3, 0.4) is 0 Å². The first-order chi connectivity index (χ1) is 29.8. The van der Waals surface area contributed by atoms with E-state index in [0.717, 1.165) is 39.4 Å². The molecule has 2 nitrogen and oxygen atoms in total. The summed E-state index contributed by atoms with van der Waals surface area (Å²) >= 11 is 0. The number of nitrogens with zero attached hydrogens (tertiary/aromatic N) is 2. The number of para-hydroxylation sites is 3. The highest BCUT2D eigenvalue weighted by Gasteiger charge is 2.22. The van der Waals surface area contributed by atoms with E-state index in [1.165, 1.54) is 60.4 Å². The van der Waals surface area contributed by atoms with Gasteiger partial charge in [0.05, 0.1) is 22.4 Å². The number of hydrogen-bond donors (Lipinski definition) is 0. The van der Waals surface area contributed by atoms with Gasteiger partial charge >= 0.3 is 0 Å². The lowest BCUT2D eigenvalue weighted by Crippen LogP contribution is -2.11. The number of rotatable bonds is 8. The molecule has 11 aromatic rings. The van der Waals surface area contributed by atoms with Crippen molar-refractivity contribution >= 4 is 49.6 Å². The minimum atomic E-state index is 1.08. The highest BCUT2D eigenvalue weighted by atomic mass is 15.1. The largest absolute Gasteiger partial charge is 0.310 e. The number of fused-ring (bicyclic) bond motifs is 4. The van der Waals surface area contributed by atoms with Gasteiger partial charge in [0.25, 0.3) is 0 Å². The number of hydrogen-bond acceptors (Lipinski definition) is 1. The Labute approximate surface area is 350 Å². The number of benzene rings is 10. The Morgan fingerprint density at radius 1 is 0.283 bits per heavy atom. The van der Waals surface area contributed by atoms with E-state index in [9.17, 15) is 0 Å². The second-order valence-corrected chi connectivity index (χ2v) is 15.3. The van der Waals surface area contributed by atoms with E-state index in [1.807, 2.05) is 0 Å². The first kappa shape index (κ1) is 35.2. The zero-order chi connectivity index (χ0) is 39.8. The quantitative estimate of drug-likeness (QED) is 0.150. The van der Waals surface area contributed by atoms with Gasteiger partial charge in [0.2, 0.25) is 0 Å². The molecule has 0 bridgehead atoms. The van der Waals surface area contributed by atoms with E-state index in [0.29, 0.717) is 0 Å². The minimum Gasteiger partial charge on any atom is -0.310 e. The topological polar surface area (TPSA) is 8.17 Å². The van der Waals surface area contributed by atoms with Gasteiger partial charge in [-0.25, -0.2) is 0 Å². The lowest BCUT2D eigenvalue weighted by molar-refractivity contribution is 1.18. The third-order valence-corrected chi connectivity index (χ3v) is 11.8. The van der Waals surface area contributed by atoms with E-state index >= 15 is 0 Å². The van der Waals surface area contributed by atoms with Crippen molar-refractivity contribution in [2.45, 2.75) is 0 Å². The maximum Gasteiger partial charge on any atom is 0.0562 e. The molecule has 0 saturated heterocycles. The fourth-order valence-electron chi connectivity index (χ4n) is 9.07. The summed E-state index contributed by atoms with van der Waals surface area (Å²) in [5, 5.41) is 4.92. The maximum atomic E-state index is 2.47. The Bertz CT molecular complexity index is 3300. The van der Waals surface area contributed by atoms with Gasteiger partial charge in [0.1, 0.15) is 0 Å². The van der Waals surface area contributed by atoms with Crippen molar-refractivity contribution in [3.63, 3.8) is 0 Å². The third kappa shape index (κ3) is 6.14. The second-order valence-electron chi connectivity index (χ2n) is 15.3. The monoisotopic (exact) mass is 764 g/mol. The van der Waals surface area contributed by atoms with E-state index in [1.54, 1.807) is 0 Å². The summed E-state index contributed by atoms with van der Waals surface area (Å²) in [6, 6.07) is 87.9. The van der Waals surface area contributed by atoms with Crippen LogP contribution in [0.4, 0.5) is 17.1 Å². The SMILES string of the molecule is c1ccc(-c2ccccc2-c2ccccc2-n2c3ccccc3c3ccc(N(c4ccccc4)c4ccc(-c5cccc6ccccc56)cc4-c4ccccc4)cc32)cc1. The molecule has 0 aliphatic carbocycles. The molecule has 0 saturated carbocycles. The average molecular weight is 765 g/mol. The molecule has 2 heteroatoms. The molecule has 0 spiro atoms. The molecule has 0 atom stereocenters. The third-order valence-electron chi connectivity index (χ3n) is 11.8. The smallest absolute Gasteiger partial charge is 0.0562 e. The van der Waals surface area contributed by atoms with E-state index in [4.69, 9.17) is 0 Å². The molecule has 0 amide bonds.